The van der Waals surface area contributed by atoms with E-state index < -0.39 is 46.0 Å². The molecule has 12 heteroatoms. The smallest absolute Gasteiger partial charge is 0.378 e. The van der Waals surface area contributed by atoms with Gasteiger partial charge in [0.15, 0.2) is 15.4 Å². The van der Waals surface area contributed by atoms with E-state index in [9.17, 15) is 31.5 Å². The number of aromatic nitrogens is 1. The predicted molar refractivity (Wildman–Crippen MR) is 146 cm³/mol. The number of benzene rings is 1. The maximum Gasteiger partial charge on any atom is 0.420 e. The zero-order valence-electron chi connectivity index (χ0n) is 22.9. The van der Waals surface area contributed by atoms with Gasteiger partial charge in [-0.15, -0.1) is 0 Å². The summed E-state index contributed by atoms with van der Waals surface area (Å²) in [7, 11) is -3.58. The van der Waals surface area contributed by atoms with Crippen molar-refractivity contribution in [3.63, 3.8) is 0 Å². The first-order valence-corrected chi connectivity index (χ1v) is 15.1. The fraction of sp³-hybridized carbons (Fsp3) is 0.571. The minimum atomic E-state index is -4.74. The molecule has 1 aromatic carbocycles. The zero-order chi connectivity index (χ0) is 29.1. The number of rotatable bonds is 6. The number of aliphatic hydroxyl groups is 1. The highest BCUT2D eigenvalue weighted by Gasteiger charge is 2.61. The molecule has 0 atom stereocenters. The Bertz CT molecular complexity index is 1400. The van der Waals surface area contributed by atoms with Crippen LogP contribution in [0.1, 0.15) is 56.8 Å². The van der Waals surface area contributed by atoms with E-state index in [1.54, 1.807) is 12.1 Å². The third-order valence-electron chi connectivity index (χ3n) is 8.02. The van der Waals surface area contributed by atoms with Gasteiger partial charge in [0.2, 0.25) is 0 Å². The van der Waals surface area contributed by atoms with Gasteiger partial charge in [-0.1, -0.05) is 26.8 Å². The van der Waals surface area contributed by atoms with Crippen LogP contribution in [-0.4, -0.2) is 68.1 Å². The molecule has 218 valence electrons. The molecule has 3 aliphatic rings. The van der Waals surface area contributed by atoms with Crippen LogP contribution in [0.3, 0.4) is 0 Å². The van der Waals surface area contributed by atoms with Crippen molar-refractivity contribution >= 4 is 33.1 Å². The first-order chi connectivity index (χ1) is 18.5. The second-order valence-electron chi connectivity index (χ2n) is 12.7. The monoisotopic (exact) mass is 580 g/mol. The van der Waals surface area contributed by atoms with Gasteiger partial charge in [0, 0.05) is 18.8 Å². The first-order valence-electron chi connectivity index (χ1n) is 13.4. The van der Waals surface area contributed by atoms with Crippen LogP contribution in [0.25, 0.3) is 0 Å². The number of anilines is 3. The molecule has 2 aliphatic heterocycles. The van der Waals surface area contributed by atoms with Crippen molar-refractivity contribution < 1.29 is 31.5 Å². The number of nitrogens with zero attached hydrogens (tertiary/aromatic N) is 3. The van der Waals surface area contributed by atoms with Crippen LogP contribution < -0.4 is 15.1 Å². The van der Waals surface area contributed by atoms with Crippen LogP contribution in [0.15, 0.2) is 41.3 Å². The SMILES string of the molecule is CC(C)(C)CS(=O)(=O)c1cccc(NC(=O)c2ccc(N3CC(O)(C(F)(F)F)C3)nc2N2CCC3(CC2)CC3)c1. The topological polar surface area (TPSA) is 103 Å². The Morgan fingerprint density at radius 2 is 1.68 bits per heavy atom. The molecule has 2 saturated heterocycles. The zero-order valence-corrected chi connectivity index (χ0v) is 23.7. The Balaban J connectivity index is 1.40. The highest BCUT2D eigenvalue weighted by molar-refractivity contribution is 7.91. The quantitative estimate of drug-likeness (QED) is 0.513. The van der Waals surface area contributed by atoms with E-state index in [-0.39, 0.29) is 22.0 Å². The number of hydrogen-bond donors (Lipinski definition) is 2. The maximum absolute atomic E-state index is 13.5. The van der Waals surface area contributed by atoms with Crippen molar-refractivity contribution in [2.24, 2.45) is 10.8 Å². The predicted octanol–water partition coefficient (Wildman–Crippen LogP) is 4.65. The van der Waals surface area contributed by atoms with E-state index in [1.165, 1.54) is 42.0 Å². The standard InChI is InChI=1S/C28H35F3N4O4S/c1-25(2,3)18-40(38,39)20-6-4-5-19(15-20)32-24(36)21-7-8-22(35-16-27(37,17-35)28(29,30)31)33-23(21)34-13-11-26(9-10-26)12-14-34/h4-8,15,37H,9-14,16-18H2,1-3H3,(H,32,36). The summed E-state index contributed by atoms with van der Waals surface area (Å²) < 4.78 is 65.4. The molecule has 0 bridgehead atoms. The molecular weight excluding hydrogens is 545 g/mol. The van der Waals surface area contributed by atoms with Gasteiger partial charge in [-0.2, -0.15) is 13.2 Å². The van der Waals surface area contributed by atoms with E-state index in [0.717, 1.165) is 12.8 Å². The number of hydrogen-bond acceptors (Lipinski definition) is 7. The number of alkyl halides is 3. The molecule has 1 aliphatic carbocycles. The molecule has 8 nitrogen and oxygen atoms in total. The third-order valence-corrected chi connectivity index (χ3v) is 10.2. The summed E-state index contributed by atoms with van der Waals surface area (Å²) in [5.41, 5.74) is -2.32. The van der Waals surface area contributed by atoms with Crippen LogP contribution >= 0.6 is 0 Å². The van der Waals surface area contributed by atoms with E-state index in [1.807, 2.05) is 25.7 Å². The second kappa shape index (κ2) is 9.61. The lowest BCUT2D eigenvalue weighted by Crippen LogP contribution is -2.69. The number of carbonyl (C=O) groups is 1. The molecule has 1 saturated carbocycles. The maximum atomic E-state index is 13.5. The van der Waals surface area contributed by atoms with E-state index >= 15 is 0 Å². The summed E-state index contributed by atoms with van der Waals surface area (Å²) in [6.45, 7) is 5.59. The molecule has 2 N–H and O–H groups in total. The summed E-state index contributed by atoms with van der Waals surface area (Å²) in [5.74, 6) is 0.0667. The average molecular weight is 581 g/mol. The number of halogens is 3. The molecule has 1 amide bonds. The Labute approximate surface area is 232 Å². The van der Waals surface area contributed by atoms with Crippen molar-refractivity contribution in [2.45, 2.75) is 63.1 Å². The molecule has 3 fully saturated rings. The Kier molecular flexibility index (Phi) is 6.89. The summed E-state index contributed by atoms with van der Waals surface area (Å²) in [4.78, 5) is 21.5. The lowest BCUT2D eigenvalue weighted by molar-refractivity contribution is -0.267. The van der Waals surface area contributed by atoms with Crippen molar-refractivity contribution in [3.05, 3.63) is 42.0 Å². The van der Waals surface area contributed by atoms with Crippen molar-refractivity contribution in [1.29, 1.82) is 0 Å². The highest BCUT2D eigenvalue weighted by Crippen LogP contribution is 2.54. The van der Waals surface area contributed by atoms with Crippen molar-refractivity contribution in [1.82, 2.24) is 4.98 Å². The van der Waals surface area contributed by atoms with Crippen LogP contribution in [0.5, 0.6) is 0 Å². The van der Waals surface area contributed by atoms with Crippen LogP contribution in [-0.2, 0) is 9.84 Å². The van der Waals surface area contributed by atoms with Crippen LogP contribution in [0.2, 0.25) is 0 Å². The number of pyridine rings is 1. The fourth-order valence-electron chi connectivity index (χ4n) is 5.45. The number of nitrogens with one attached hydrogen (secondary N) is 1. The van der Waals surface area contributed by atoms with Gasteiger partial charge in [0.05, 0.1) is 29.3 Å². The Morgan fingerprint density at radius 3 is 2.25 bits per heavy atom. The van der Waals surface area contributed by atoms with Gasteiger partial charge in [0.25, 0.3) is 5.91 Å². The highest BCUT2D eigenvalue weighted by atomic mass is 32.2. The van der Waals surface area contributed by atoms with Gasteiger partial charge in [0.1, 0.15) is 11.6 Å². The molecule has 1 aromatic heterocycles. The number of amides is 1. The largest absolute Gasteiger partial charge is 0.420 e. The van der Waals surface area contributed by atoms with Gasteiger partial charge < -0.3 is 20.2 Å². The number of piperidine rings is 1. The van der Waals surface area contributed by atoms with Gasteiger partial charge in [-0.3, -0.25) is 4.79 Å². The van der Waals surface area contributed by atoms with Crippen molar-refractivity contribution in [2.75, 3.05) is 47.0 Å². The average Bonchev–Trinajstić information content (AvgIpc) is 3.58. The molecule has 3 heterocycles. The Morgan fingerprint density at radius 1 is 1.02 bits per heavy atom. The van der Waals surface area contributed by atoms with Crippen molar-refractivity contribution in [3.8, 4) is 0 Å². The summed E-state index contributed by atoms with van der Waals surface area (Å²) in [6, 6.07) is 9.10. The van der Waals surface area contributed by atoms with E-state index in [4.69, 9.17) is 0 Å². The van der Waals surface area contributed by atoms with E-state index in [0.29, 0.717) is 30.0 Å². The normalized spacial score (nSPS) is 20.3. The summed E-state index contributed by atoms with van der Waals surface area (Å²) >= 11 is 0. The van der Waals surface area contributed by atoms with Gasteiger partial charge in [-0.05, 0) is 66.8 Å². The van der Waals surface area contributed by atoms with E-state index in [2.05, 4.69) is 10.3 Å². The number of carbonyl (C=O) groups excluding carboxylic acids is 1. The lowest BCUT2D eigenvalue weighted by Gasteiger charge is -2.47. The molecule has 2 aromatic rings. The minimum absolute atomic E-state index is 0.0522. The molecule has 5 rings (SSSR count). The molecular formula is C28H35F3N4O4S. The first kappa shape index (κ1) is 28.7. The molecule has 0 radical (unpaired) electrons. The second-order valence-corrected chi connectivity index (χ2v) is 14.7. The minimum Gasteiger partial charge on any atom is -0.378 e. The lowest BCUT2D eigenvalue weighted by atomic mass is 9.93. The number of sulfone groups is 1. The molecule has 1 spiro atoms. The van der Waals surface area contributed by atoms with Gasteiger partial charge in [-0.25, -0.2) is 13.4 Å². The van der Waals surface area contributed by atoms with Crippen LogP contribution in [0, 0.1) is 10.8 Å². The van der Waals surface area contributed by atoms with Crippen LogP contribution in [0.4, 0.5) is 30.5 Å². The third kappa shape index (κ3) is 5.79. The molecule has 0 unspecified atom stereocenters. The fourth-order valence-corrected chi connectivity index (χ4v) is 7.35. The molecule has 40 heavy (non-hydrogen) atoms. The summed E-state index contributed by atoms with van der Waals surface area (Å²) in [5, 5.41) is 12.7. The summed E-state index contributed by atoms with van der Waals surface area (Å²) in [6.07, 6.45) is -0.483. The number of β-amino-alcohol motifs (C(OH)–C–C–N with tert-alkyl or cyclic N) is 1. The van der Waals surface area contributed by atoms with Gasteiger partial charge >= 0.3 is 6.18 Å². The Hall–Kier alpha value is -2.86.